The molecule has 0 aliphatic carbocycles. The normalized spacial score (nSPS) is 18.1. The highest BCUT2D eigenvalue weighted by atomic mass is 16.2. The van der Waals surface area contributed by atoms with Crippen LogP contribution in [0.5, 0.6) is 0 Å². The van der Waals surface area contributed by atoms with Gasteiger partial charge in [0.05, 0.1) is 12.2 Å². The lowest BCUT2D eigenvalue weighted by Crippen LogP contribution is -2.36. The van der Waals surface area contributed by atoms with Crippen LogP contribution in [0.2, 0.25) is 0 Å². The van der Waals surface area contributed by atoms with E-state index in [2.05, 4.69) is 34.3 Å². The van der Waals surface area contributed by atoms with Crippen LogP contribution in [0.4, 0.5) is 0 Å². The summed E-state index contributed by atoms with van der Waals surface area (Å²) in [5.41, 5.74) is 1.14. The minimum Gasteiger partial charge on any atom is -0.327 e. The van der Waals surface area contributed by atoms with Gasteiger partial charge < -0.3 is 4.90 Å². The van der Waals surface area contributed by atoms with Crippen molar-refractivity contribution in [2.24, 2.45) is 0 Å². The van der Waals surface area contributed by atoms with Crippen molar-refractivity contribution in [1.29, 1.82) is 0 Å². The molecule has 0 saturated carbocycles. The lowest BCUT2D eigenvalue weighted by molar-refractivity contribution is 0.0738. The van der Waals surface area contributed by atoms with Crippen LogP contribution in [0.1, 0.15) is 36.7 Å². The zero-order chi connectivity index (χ0) is 13.9. The molecular formula is C15H18N4O. The number of aromatic amines is 1. The summed E-state index contributed by atoms with van der Waals surface area (Å²) in [7, 11) is 0. The van der Waals surface area contributed by atoms with Gasteiger partial charge in [0.15, 0.2) is 5.65 Å². The van der Waals surface area contributed by atoms with E-state index in [1.165, 1.54) is 0 Å². The number of nitrogens with one attached hydrogen (secondary N) is 1. The molecule has 5 heteroatoms. The van der Waals surface area contributed by atoms with E-state index < -0.39 is 0 Å². The van der Waals surface area contributed by atoms with Gasteiger partial charge in [0.1, 0.15) is 5.69 Å². The van der Waals surface area contributed by atoms with Crippen LogP contribution in [0.25, 0.3) is 11.0 Å². The molecule has 3 heterocycles. The number of aromatic nitrogens is 3. The van der Waals surface area contributed by atoms with Crippen LogP contribution in [0.3, 0.4) is 0 Å². The van der Waals surface area contributed by atoms with Crippen molar-refractivity contribution in [3.8, 4) is 0 Å². The quantitative estimate of drug-likeness (QED) is 0.868. The molecule has 0 bridgehead atoms. The number of fused-ring (bicyclic) bond motifs is 1. The van der Waals surface area contributed by atoms with Crippen molar-refractivity contribution in [2.75, 3.05) is 6.54 Å². The Morgan fingerprint density at radius 3 is 3.25 bits per heavy atom. The van der Waals surface area contributed by atoms with Crippen molar-refractivity contribution in [3.05, 3.63) is 36.2 Å². The maximum Gasteiger partial charge on any atom is 0.273 e. The van der Waals surface area contributed by atoms with Gasteiger partial charge >= 0.3 is 0 Å². The number of nitrogens with zero attached hydrogens (tertiary/aromatic N) is 3. The maximum atomic E-state index is 12.6. The van der Waals surface area contributed by atoms with E-state index in [9.17, 15) is 4.79 Å². The van der Waals surface area contributed by atoms with Gasteiger partial charge in [-0.3, -0.25) is 9.89 Å². The van der Waals surface area contributed by atoms with E-state index >= 15 is 0 Å². The Balaban J connectivity index is 1.80. The number of unbranched alkanes of at least 4 members (excludes halogenated alkanes) is 1. The van der Waals surface area contributed by atoms with Crippen LogP contribution in [-0.4, -0.2) is 38.6 Å². The smallest absolute Gasteiger partial charge is 0.273 e. The number of hydrogen-bond donors (Lipinski definition) is 1. The number of rotatable bonds is 4. The molecule has 1 atom stereocenters. The third-order valence-corrected chi connectivity index (χ3v) is 3.69. The van der Waals surface area contributed by atoms with Crippen LogP contribution in [0.15, 0.2) is 30.5 Å². The summed E-state index contributed by atoms with van der Waals surface area (Å²) in [5, 5.41) is 7.65. The predicted molar refractivity (Wildman–Crippen MR) is 77.4 cm³/mol. The van der Waals surface area contributed by atoms with Crippen molar-refractivity contribution >= 4 is 16.9 Å². The van der Waals surface area contributed by atoms with E-state index in [0.717, 1.165) is 24.6 Å². The Morgan fingerprint density at radius 1 is 1.50 bits per heavy atom. The van der Waals surface area contributed by atoms with E-state index in [-0.39, 0.29) is 11.9 Å². The third kappa shape index (κ3) is 2.31. The zero-order valence-corrected chi connectivity index (χ0v) is 11.5. The standard InChI is InChI=1S/C15H18N4O/c1-2-3-5-12-6-4-9-19(12)15(20)13-8-7-11-10-16-18-14(11)17-13/h4,6-8,10,12H,2-3,5,9H2,1H3,(H,16,17,18). The SMILES string of the molecule is CCCCC1C=CCN1C(=O)c1ccc2cn[nH]c2n1. The first-order valence-corrected chi connectivity index (χ1v) is 7.07. The number of pyridine rings is 1. The van der Waals surface area contributed by atoms with Gasteiger partial charge in [-0.2, -0.15) is 5.10 Å². The average Bonchev–Trinajstić information content (AvgIpc) is 3.12. The molecule has 0 spiro atoms. The average molecular weight is 270 g/mol. The van der Waals surface area contributed by atoms with E-state index in [0.29, 0.717) is 17.9 Å². The van der Waals surface area contributed by atoms with Crippen molar-refractivity contribution in [3.63, 3.8) is 0 Å². The molecular weight excluding hydrogens is 252 g/mol. The van der Waals surface area contributed by atoms with Gasteiger partial charge in [0.2, 0.25) is 0 Å². The van der Waals surface area contributed by atoms with E-state index in [1.807, 2.05) is 11.0 Å². The van der Waals surface area contributed by atoms with Crippen LogP contribution in [-0.2, 0) is 0 Å². The largest absolute Gasteiger partial charge is 0.327 e. The fourth-order valence-electron chi connectivity index (χ4n) is 2.56. The molecule has 20 heavy (non-hydrogen) atoms. The second kappa shape index (κ2) is 5.45. The first-order chi connectivity index (χ1) is 9.79. The van der Waals surface area contributed by atoms with Gasteiger partial charge in [0.25, 0.3) is 5.91 Å². The van der Waals surface area contributed by atoms with Crippen LogP contribution in [0, 0.1) is 0 Å². The second-order valence-electron chi connectivity index (χ2n) is 5.10. The summed E-state index contributed by atoms with van der Waals surface area (Å²) in [6, 6.07) is 3.86. The Kier molecular flexibility index (Phi) is 3.50. The van der Waals surface area contributed by atoms with Crippen molar-refractivity contribution in [1.82, 2.24) is 20.1 Å². The minimum absolute atomic E-state index is 0.00685. The molecule has 1 amide bonds. The summed E-state index contributed by atoms with van der Waals surface area (Å²) >= 11 is 0. The van der Waals surface area contributed by atoms with Crippen LogP contribution < -0.4 is 0 Å². The highest BCUT2D eigenvalue weighted by Crippen LogP contribution is 2.19. The number of H-pyrrole nitrogens is 1. The van der Waals surface area contributed by atoms with Gasteiger partial charge in [-0.25, -0.2) is 4.98 Å². The van der Waals surface area contributed by atoms with Crippen molar-refractivity contribution in [2.45, 2.75) is 32.2 Å². The molecule has 0 radical (unpaired) electrons. The molecule has 104 valence electrons. The molecule has 0 saturated heterocycles. The number of carbonyl (C=O) groups excluding carboxylic acids is 1. The Labute approximate surface area is 117 Å². The van der Waals surface area contributed by atoms with Gasteiger partial charge in [-0.1, -0.05) is 31.9 Å². The highest BCUT2D eigenvalue weighted by molar-refractivity contribution is 5.95. The first kappa shape index (κ1) is 12.8. The van der Waals surface area contributed by atoms with E-state index in [1.54, 1.807) is 12.3 Å². The molecule has 0 fully saturated rings. The molecule has 1 unspecified atom stereocenters. The Morgan fingerprint density at radius 2 is 2.40 bits per heavy atom. The van der Waals surface area contributed by atoms with E-state index in [4.69, 9.17) is 0 Å². The van der Waals surface area contributed by atoms with Gasteiger partial charge in [0, 0.05) is 11.9 Å². The fourth-order valence-corrected chi connectivity index (χ4v) is 2.56. The van der Waals surface area contributed by atoms with Gasteiger partial charge in [-0.15, -0.1) is 0 Å². The maximum absolute atomic E-state index is 12.6. The molecule has 3 rings (SSSR count). The number of carbonyl (C=O) groups is 1. The highest BCUT2D eigenvalue weighted by Gasteiger charge is 2.26. The van der Waals surface area contributed by atoms with Gasteiger partial charge in [-0.05, 0) is 18.6 Å². The molecule has 0 aromatic carbocycles. The summed E-state index contributed by atoms with van der Waals surface area (Å²) in [4.78, 5) is 18.8. The topological polar surface area (TPSA) is 61.9 Å². The lowest BCUT2D eigenvalue weighted by Gasteiger charge is -2.24. The summed E-state index contributed by atoms with van der Waals surface area (Å²) in [6.45, 7) is 2.84. The molecule has 1 N–H and O–H groups in total. The van der Waals surface area contributed by atoms with Crippen LogP contribution >= 0.6 is 0 Å². The summed E-state index contributed by atoms with van der Waals surface area (Å²) in [6.07, 6.45) is 9.19. The minimum atomic E-state index is -0.00685. The Bertz CT molecular complexity index is 646. The molecule has 2 aromatic heterocycles. The first-order valence-electron chi connectivity index (χ1n) is 7.07. The zero-order valence-electron chi connectivity index (χ0n) is 11.5. The lowest BCUT2D eigenvalue weighted by atomic mass is 10.1. The molecule has 1 aliphatic heterocycles. The molecule has 2 aromatic rings. The monoisotopic (exact) mass is 270 g/mol. The molecule has 1 aliphatic rings. The molecule has 5 nitrogen and oxygen atoms in total. The number of hydrogen-bond acceptors (Lipinski definition) is 3. The predicted octanol–water partition coefficient (Wildman–Crippen LogP) is 2.53. The third-order valence-electron chi connectivity index (χ3n) is 3.69. The second-order valence-corrected chi connectivity index (χ2v) is 5.10. The Hall–Kier alpha value is -2.17. The summed E-state index contributed by atoms with van der Waals surface area (Å²) in [5.74, 6) is -0.00685. The summed E-state index contributed by atoms with van der Waals surface area (Å²) < 4.78 is 0. The van der Waals surface area contributed by atoms with Crippen molar-refractivity contribution < 1.29 is 4.79 Å². The fraction of sp³-hybridized carbons (Fsp3) is 0.400. The number of amides is 1.